The van der Waals surface area contributed by atoms with Gasteiger partial charge in [0.2, 0.25) is 27.7 Å². The number of aryl methyl sites for hydroxylation is 2. The first-order valence-corrected chi connectivity index (χ1v) is 15.9. The molecule has 248 valence electrons. The van der Waals surface area contributed by atoms with Crippen molar-refractivity contribution in [1.29, 1.82) is 0 Å². The Hall–Kier alpha value is -4.47. The zero-order valence-electron chi connectivity index (χ0n) is 25.4. The number of nitrogens with one attached hydrogen (secondary N) is 3. The van der Waals surface area contributed by atoms with Crippen molar-refractivity contribution in [3.8, 4) is 0 Å². The molecular weight excluding hydrogens is 638 g/mol. The Morgan fingerprint density at radius 1 is 1.09 bits per heavy atom. The van der Waals surface area contributed by atoms with Crippen molar-refractivity contribution >= 4 is 62.8 Å². The predicted octanol–water partition coefficient (Wildman–Crippen LogP) is 1.28. The SMILES string of the molecule is Cc1ccc(S(=O)(=O)NCC(=O)N2CCCC2C(=O)NC(CCCN=C(N)N)C(=O)Nc2ccc3c(C)cc(=O)oc3c2)cc1.Cl. The van der Waals surface area contributed by atoms with Crippen LogP contribution in [0.1, 0.15) is 36.8 Å². The normalized spacial score (nSPS) is 15.1. The fourth-order valence-corrected chi connectivity index (χ4v) is 6.04. The molecule has 1 aliphatic heterocycles. The topological polar surface area (TPSA) is 219 Å². The highest BCUT2D eigenvalue weighted by atomic mass is 35.5. The van der Waals surface area contributed by atoms with Gasteiger partial charge in [0, 0.05) is 36.3 Å². The minimum atomic E-state index is -3.94. The summed E-state index contributed by atoms with van der Waals surface area (Å²) < 4.78 is 32.9. The number of halogens is 1. The summed E-state index contributed by atoms with van der Waals surface area (Å²) >= 11 is 0. The third-order valence-corrected chi connectivity index (χ3v) is 8.83. The minimum absolute atomic E-state index is 0. The van der Waals surface area contributed by atoms with E-state index in [0.29, 0.717) is 35.9 Å². The van der Waals surface area contributed by atoms with E-state index in [1.165, 1.54) is 29.2 Å². The van der Waals surface area contributed by atoms with Crippen LogP contribution >= 0.6 is 12.4 Å². The third-order valence-electron chi connectivity index (χ3n) is 7.42. The number of carbonyl (C=O) groups is 3. The summed E-state index contributed by atoms with van der Waals surface area (Å²) in [6, 6.07) is 10.5. The first kappa shape index (κ1) is 36.0. The van der Waals surface area contributed by atoms with Gasteiger partial charge in [0.05, 0.1) is 11.4 Å². The molecule has 2 unspecified atom stereocenters. The van der Waals surface area contributed by atoms with Gasteiger partial charge in [0.25, 0.3) is 0 Å². The molecule has 3 aromatic rings. The molecule has 7 N–H and O–H groups in total. The van der Waals surface area contributed by atoms with Gasteiger partial charge in [-0.05, 0) is 69.4 Å². The summed E-state index contributed by atoms with van der Waals surface area (Å²) in [6.07, 6.45) is 1.40. The fraction of sp³-hybridized carbons (Fsp3) is 0.367. The number of rotatable bonds is 12. The minimum Gasteiger partial charge on any atom is -0.423 e. The van der Waals surface area contributed by atoms with E-state index in [4.69, 9.17) is 15.9 Å². The Morgan fingerprint density at radius 3 is 2.50 bits per heavy atom. The Bertz CT molecular complexity index is 1770. The zero-order chi connectivity index (χ0) is 32.7. The molecular formula is C30H38ClN7O7S. The van der Waals surface area contributed by atoms with Crippen molar-refractivity contribution in [2.75, 3.05) is 25.0 Å². The molecule has 14 nitrogen and oxygen atoms in total. The van der Waals surface area contributed by atoms with E-state index in [0.717, 1.165) is 11.1 Å². The van der Waals surface area contributed by atoms with Gasteiger partial charge < -0.3 is 31.4 Å². The first-order chi connectivity index (χ1) is 21.3. The van der Waals surface area contributed by atoms with Gasteiger partial charge in [0.1, 0.15) is 17.7 Å². The molecule has 0 saturated carbocycles. The van der Waals surface area contributed by atoms with Gasteiger partial charge in [-0.25, -0.2) is 17.9 Å². The van der Waals surface area contributed by atoms with Crippen molar-refractivity contribution in [1.82, 2.24) is 14.9 Å². The number of aliphatic imine (C=N–C) groups is 1. The number of fused-ring (bicyclic) bond motifs is 1. The van der Waals surface area contributed by atoms with Gasteiger partial charge in [0.15, 0.2) is 5.96 Å². The number of likely N-dealkylation sites (tertiary alicyclic amines) is 1. The molecule has 16 heteroatoms. The maximum Gasteiger partial charge on any atom is 0.336 e. The lowest BCUT2D eigenvalue weighted by Crippen LogP contribution is -2.53. The molecule has 0 spiro atoms. The van der Waals surface area contributed by atoms with E-state index in [1.54, 1.807) is 31.2 Å². The van der Waals surface area contributed by atoms with E-state index >= 15 is 0 Å². The molecule has 4 rings (SSSR count). The van der Waals surface area contributed by atoms with E-state index in [1.807, 2.05) is 6.92 Å². The molecule has 0 bridgehead atoms. The summed E-state index contributed by atoms with van der Waals surface area (Å²) in [4.78, 5) is 57.0. The zero-order valence-corrected chi connectivity index (χ0v) is 27.1. The van der Waals surface area contributed by atoms with Crippen LogP contribution in [0.25, 0.3) is 11.0 Å². The molecule has 2 atom stereocenters. The molecule has 0 radical (unpaired) electrons. The highest BCUT2D eigenvalue weighted by molar-refractivity contribution is 7.89. The van der Waals surface area contributed by atoms with Crippen molar-refractivity contribution < 1.29 is 27.2 Å². The average molecular weight is 676 g/mol. The number of nitrogens with zero attached hydrogens (tertiary/aromatic N) is 2. The van der Waals surface area contributed by atoms with Crippen LogP contribution in [0.3, 0.4) is 0 Å². The lowest BCUT2D eigenvalue weighted by atomic mass is 10.1. The van der Waals surface area contributed by atoms with Crippen molar-refractivity contribution in [3.63, 3.8) is 0 Å². The van der Waals surface area contributed by atoms with E-state index in [9.17, 15) is 27.6 Å². The molecule has 1 fully saturated rings. The Kier molecular flexibility index (Phi) is 12.3. The van der Waals surface area contributed by atoms with E-state index < -0.39 is 52.0 Å². The Balaban J connectivity index is 0.00000576. The number of hydrogen-bond acceptors (Lipinski definition) is 8. The van der Waals surface area contributed by atoms with E-state index in [2.05, 4.69) is 20.3 Å². The number of amides is 3. The highest BCUT2D eigenvalue weighted by Gasteiger charge is 2.36. The molecule has 2 aromatic carbocycles. The van der Waals surface area contributed by atoms with Crippen LogP contribution in [0.4, 0.5) is 5.69 Å². The number of anilines is 1. The van der Waals surface area contributed by atoms with Crippen LogP contribution in [0, 0.1) is 13.8 Å². The standard InChI is InChI=1S/C30H37N7O7S.ClH/c1-18-7-10-21(11-8-18)45(42,43)34-17-26(38)37-14-4-6-24(37)29(41)36-23(5-3-13-33-30(31)32)28(40)35-20-9-12-22-19(2)15-27(39)44-25(22)16-20;/h7-12,15-16,23-24,34H,3-6,13-14,17H2,1-2H3,(H,35,40)(H,36,41)(H4,31,32,33);1H. The molecule has 1 saturated heterocycles. The molecule has 2 heterocycles. The number of hydrogen-bond donors (Lipinski definition) is 5. The van der Waals surface area contributed by atoms with Crippen LogP contribution in [0.15, 0.2) is 67.6 Å². The molecule has 46 heavy (non-hydrogen) atoms. The molecule has 0 aliphatic carbocycles. The Morgan fingerprint density at radius 2 is 1.80 bits per heavy atom. The van der Waals surface area contributed by atoms with Gasteiger partial charge in [-0.15, -0.1) is 12.4 Å². The van der Waals surface area contributed by atoms with Gasteiger partial charge in [-0.3, -0.25) is 19.4 Å². The highest BCUT2D eigenvalue weighted by Crippen LogP contribution is 2.22. The number of nitrogens with two attached hydrogens (primary N) is 2. The number of benzene rings is 2. The first-order valence-electron chi connectivity index (χ1n) is 14.4. The van der Waals surface area contributed by atoms with Gasteiger partial charge in [-0.2, -0.15) is 0 Å². The lowest BCUT2D eigenvalue weighted by molar-refractivity contribution is -0.138. The second kappa shape index (κ2) is 15.7. The Labute approximate surface area is 272 Å². The summed E-state index contributed by atoms with van der Waals surface area (Å²) in [5, 5.41) is 6.20. The summed E-state index contributed by atoms with van der Waals surface area (Å²) in [7, 11) is -3.94. The number of sulfonamides is 1. The third kappa shape index (κ3) is 9.28. The summed E-state index contributed by atoms with van der Waals surface area (Å²) in [5.41, 5.74) is 12.5. The van der Waals surface area contributed by atoms with E-state index in [-0.39, 0.29) is 42.8 Å². The predicted molar refractivity (Wildman–Crippen MR) is 176 cm³/mol. The van der Waals surface area contributed by atoms with Crippen LogP contribution in [0.5, 0.6) is 0 Å². The fourth-order valence-electron chi connectivity index (χ4n) is 5.07. The lowest BCUT2D eigenvalue weighted by Gasteiger charge is -2.26. The van der Waals surface area contributed by atoms with Gasteiger partial charge >= 0.3 is 5.63 Å². The maximum absolute atomic E-state index is 13.4. The number of guanidine groups is 1. The van der Waals surface area contributed by atoms with Crippen LogP contribution in [-0.4, -0.2) is 68.7 Å². The monoisotopic (exact) mass is 675 g/mol. The second-order valence-electron chi connectivity index (χ2n) is 10.8. The van der Waals surface area contributed by atoms with Gasteiger partial charge in [-0.1, -0.05) is 17.7 Å². The van der Waals surface area contributed by atoms with Crippen LogP contribution in [0.2, 0.25) is 0 Å². The van der Waals surface area contributed by atoms with Crippen LogP contribution < -0.4 is 32.4 Å². The quantitative estimate of drug-likeness (QED) is 0.0807. The summed E-state index contributed by atoms with van der Waals surface area (Å²) in [5.74, 6) is -1.76. The van der Waals surface area contributed by atoms with Crippen molar-refractivity contribution in [2.45, 2.75) is 56.5 Å². The smallest absolute Gasteiger partial charge is 0.336 e. The molecule has 3 amide bonds. The summed E-state index contributed by atoms with van der Waals surface area (Å²) in [6.45, 7) is 3.55. The van der Waals surface area contributed by atoms with Crippen molar-refractivity contribution in [2.24, 2.45) is 16.5 Å². The second-order valence-corrected chi connectivity index (χ2v) is 12.6. The average Bonchev–Trinajstić information content (AvgIpc) is 3.48. The van der Waals surface area contributed by atoms with Crippen LogP contribution in [-0.2, 0) is 24.4 Å². The molecule has 1 aromatic heterocycles. The molecule has 1 aliphatic rings. The largest absolute Gasteiger partial charge is 0.423 e. The van der Waals surface area contributed by atoms with Crippen molar-refractivity contribution in [3.05, 3.63) is 70.1 Å². The number of carbonyl (C=O) groups excluding carboxylic acids is 3. The maximum atomic E-state index is 13.4.